The molecular weight excluding hydrogens is 464 g/mol. The summed E-state index contributed by atoms with van der Waals surface area (Å²) in [6.45, 7) is 4.73. The van der Waals surface area contributed by atoms with E-state index in [4.69, 9.17) is 0 Å². The average molecular weight is 497 g/mol. The number of urea groups is 1. The molecule has 0 bridgehead atoms. The molecule has 1 aromatic heterocycles. The Bertz CT molecular complexity index is 1170. The Kier molecular flexibility index (Phi) is 7.56. The van der Waals surface area contributed by atoms with Gasteiger partial charge in [-0.05, 0) is 30.7 Å². The maximum atomic E-state index is 13.3. The fraction of sp³-hybridized carbons (Fsp3) is 0.480. The van der Waals surface area contributed by atoms with E-state index in [0.29, 0.717) is 25.2 Å². The number of hydrogen-bond acceptors (Lipinski definition) is 5. The molecule has 1 aromatic carbocycles. The van der Waals surface area contributed by atoms with E-state index in [9.17, 15) is 24.0 Å². The monoisotopic (exact) mass is 496 g/mol. The predicted molar refractivity (Wildman–Crippen MR) is 132 cm³/mol. The lowest BCUT2D eigenvalue weighted by Crippen LogP contribution is -2.58. The van der Waals surface area contributed by atoms with E-state index in [-0.39, 0.29) is 24.4 Å². The van der Waals surface area contributed by atoms with E-state index < -0.39 is 35.6 Å². The van der Waals surface area contributed by atoms with Gasteiger partial charge in [-0.1, -0.05) is 32.0 Å². The number of rotatable bonds is 11. The quantitative estimate of drug-likeness (QED) is 0.287. The first-order chi connectivity index (χ1) is 17.2. The second kappa shape index (κ2) is 10.8. The maximum Gasteiger partial charge on any atom is 0.317 e. The van der Waals surface area contributed by atoms with Gasteiger partial charge in [0.1, 0.15) is 12.1 Å². The van der Waals surface area contributed by atoms with Crippen LogP contribution in [0.2, 0.25) is 0 Å². The first-order valence-electron chi connectivity index (χ1n) is 12.3. The molecule has 2 heterocycles. The number of amides is 5. The number of fused-ring (bicyclic) bond motifs is 1. The Morgan fingerprint density at radius 3 is 2.53 bits per heavy atom. The van der Waals surface area contributed by atoms with Crippen LogP contribution in [0.15, 0.2) is 30.5 Å². The van der Waals surface area contributed by atoms with Gasteiger partial charge in [-0.25, -0.2) is 4.79 Å². The topological polar surface area (TPSA) is 152 Å². The molecular formula is C25H32N6O5. The van der Waals surface area contributed by atoms with Crippen LogP contribution < -0.4 is 21.3 Å². The van der Waals surface area contributed by atoms with Gasteiger partial charge in [-0.3, -0.25) is 19.2 Å². The summed E-state index contributed by atoms with van der Waals surface area (Å²) >= 11 is 0. The Balaban J connectivity index is 1.48. The van der Waals surface area contributed by atoms with Crippen molar-refractivity contribution in [1.82, 2.24) is 31.2 Å². The van der Waals surface area contributed by atoms with Crippen molar-refractivity contribution in [2.45, 2.75) is 38.8 Å². The van der Waals surface area contributed by atoms with Crippen LogP contribution in [0.1, 0.15) is 37.0 Å². The number of aromatic nitrogens is 1. The highest BCUT2D eigenvalue weighted by atomic mass is 16.2. The highest BCUT2D eigenvalue weighted by Gasteiger charge is 2.40. The maximum absolute atomic E-state index is 13.3. The lowest BCUT2D eigenvalue weighted by Gasteiger charge is -2.25. The minimum Gasteiger partial charge on any atom is -0.360 e. The summed E-state index contributed by atoms with van der Waals surface area (Å²) in [5.74, 6) is -2.55. The number of ketones is 1. The molecule has 0 spiro atoms. The number of aromatic amines is 1. The highest BCUT2D eigenvalue weighted by Crippen LogP contribution is 2.33. The summed E-state index contributed by atoms with van der Waals surface area (Å²) < 4.78 is 0. The Hall–Kier alpha value is -3.89. The molecule has 2 unspecified atom stereocenters. The molecule has 2 atom stereocenters. The molecule has 1 saturated heterocycles. The Morgan fingerprint density at radius 2 is 1.86 bits per heavy atom. The largest absolute Gasteiger partial charge is 0.360 e. The molecule has 2 aliphatic rings. The lowest BCUT2D eigenvalue weighted by molar-refractivity contribution is -0.140. The number of hydrogen-bond donors (Lipinski definition) is 5. The first kappa shape index (κ1) is 25.2. The van der Waals surface area contributed by atoms with Gasteiger partial charge >= 0.3 is 6.03 Å². The average Bonchev–Trinajstić information content (AvgIpc) is 3.48. The van der Waals surface area contributed by atoms with Crippen LogP contribution in [0.3, 0.4) is 0 Å². The molecule has 1 saturated carbocycles. The van der Waals surface area contributed by atoms with E-state index in [1.54, 1.807) is 6.20 Å². The van der Waals surface area contributed by atoms with Crippen molar-refractivity contribution in [3.05, 3.63) is 36.0 Å². The van der Waals surface area contributed by atoms with Crippen LogP contribution in [0, 0.1) is 11.8 Å². The highest BCUT2D eigenvalue weighted by molar-refractivity contribution is 6.38. The van der Waals surface area contributed by atoms with Crippen LogP contribution in [0.25, 0.3) is 10.9 Å². The second-order valence-corrected chi connectivity index (χ2v) is 9.74. The Morgan fingerprint density at radius 1 is 1.11 bits per heavy atom. The van der Waals surface area contributed by atoms with Crippen molar-refractivity contribution >= 4 is 40.4 Å². The molecule has 2 aromatic rings. The summed E-state index contributed by atoms with van der Waals surface area (Å²) in [4.78, 5) is 68.3. The molecule has 1 aliphatic heterocycles. The molecule has 1 aliphatic carbocycles. The summed E-state index contributed by atoms with van der Waals surface area (Å²) in [6, 6.07) is 4.89. The van der Waals surface area contributed by atoms with E-state index in [1.807, 2.05) is 38.1 Å². The zero-order chi connectivity index (χ0) is 25.8. The van der Waals surface area contributed by atoms with Crippen molar-refractivity contribution in [2.24, 2.45) is 11.8 Å². The number of carbonyl (C=O) groups is 5. The first-order valence-corrected chi connectivity index (χ1v) is 12.3. The molecule has 4 rings (SSSR count). The number of carbonyl (C=O) groups excluding carboxylic acids is 5. The predicted octanol–water partition coefficient (Wildman–Crippen LogP) is 0.528. The van der Waals surface area contributed by atoms with Crippen LogP contribution in [-0.2, 0) is 14.4 Å². The minimum absolute atomic E-state index is 0.0697. The standard InChI is InChI=1S/C25H32N6O5/c1-14(2)11-28-24(35)21(32)19(13-31-10-9-26-25(31)36)29-23(34)20(15-7-8-15)30-22(33)17-12-27-18-6-4-3-5-16(17)18/h3-6,12,14-15,19-20,27H,7-11,13H2,1-2H3,(H,26,36)(H,28,35)(H,29,34)(H,30,33). The third-order valence-electron chi connectivity index (χ3n) is 6.37. The molecule has 0 radical (unpaired) electrons. The van der Waals surface area contributed by atoms with Gasteiger partial charge in [-0.15, -0.1) is 0 Å². The van der Waals surface area contributed by atoms with Crippen molar-refractivity contribution < 1.29 is 24.0 Å². The van der Waals surface area contributed by atoms with Crippen LogP contribution in [0.4, 0.5) is 4.79 Å². The molecule has 11 heteroatoms. The van der Waals surface area contributed by atoms with Crippen LogP contribution in [0.5, 0.6) is 0 Å². The Labute approximate surface area is 208 Å². The fourth-order valence-corrected chi connectivity index (χ4v) is 4.21. The molecule has 2 fully saturated rings. The van der Waals surface area contributed by atoms with Crippen molar-refractivity contribution in [2.75, 3.05) is 26.2 Å². The van der Waals surface area contributed by atoms with E-state index >= 15 is 0 Å². The number of nitrogens with one attached hydrogen (secondary N) is 5. The third-order valence-corrected chi connectivity index (χ3v) is 6.37. The van der Waals surface area contributed by atoms with Crippen LogP contribution >= 0.6 is 0 Å². The van der Waals surface area contributed by atoms with E-state index in [2.05, 4.69) is 26.3 Å². The molecule has 5 amide bonds. The van der Waals surface area contributed by atoms with Gasteiger partial charge in [0.15, 0.2) is 0 Å². The number of Topliss-reactive ketones (excluding diaryl/α,β-unsaturated/α-hetero) is 1. The zero-order valence-electron chi connectivity index (χ0n) is 20.4. The number of H-pyrrole nitrogens is 1. The second-order valence-electron chi connectivity index (χ2n) is 9.74. The van der Waals surface area contributed by atoms with E-state index in [0.717, 1.165) is 23.7 Å². The zero-order valence-corrected chi connectivity index (χ0v) is 20.4. The SMILES string of the molecule is CC(C)CNC(=O)C(=O)C(CN1CCNC1=O)NC(=O)C(NC(=O)c1c[nH]c2ccccc12)C1CC1. The summed E-state index contributed by atoms with van der Waals surface area (Å²) in [7, 11) is 0. The van der Waals surface area contributed by atoms with Gasteiger partial charge in [0.2, 0.25) is 11.7 Å². The summed E-state index contributed by atoms with van der Waals surface area (Å²) in [6.07, 6.45) is 3.11. The van der Waals surface area contributed by atoms with Crippen molar-refractivity contribution in [1.29, 1.82) is 0 Å². The summed E-state index contributed by atoms with van der Waals surface area (Å²) in [5, 5.41) is 11.4. The molecule has 192 valence electrons. The molecule has 11 nitrogen and oxygen atoms in total. The van der Waals surface area contributed by atoms with Gasteiger partial charge in [-0.2, -0.15) is 0 Å². The minimum atomic E-state index is -1.24. The smallest absolute Gasteiger partial charge is 0.317 e. The van der Waals surface area contributed by atoms with Gasteiger partial charge in [0, 0.05) is 36.7 Å². The number of benzene rings is 1. The summed E-state index contributed by atoms with van der Waals surface area (Å²) in [5.41, 5.74) is 1.22. The van der Waals surface area contributed by atoms with Crippen LogP contribution in [-0.4, -0.2) is 77.7 Å². The third kappa shape index (κ3) is 5.84. The lowest BCUT2D eigenvalue weighted by atomic mass is 10.1. The van der Waals surface area contributed by atoms with Gasteiger partial charge in [0.25, 0.3) is 11.8 Å². The number of para-hydroxylation sites is 1. The molecule has 5 N–H and O–H groups in total. The van der Waals surface area contributed by atoms with Crippen molar-refractivity contribution in [3.8, 4) is 0 Å². The van der Waals surface area contributed by atoms with Crippen molar-refractivity contribution in [3.63, 3.8) is 0 Å². The normalized spacial score (nSPS) is 17.0. The van der Waals surface area contributed by atoms with Gasteiger partial charge in [0.05, 0.1) is 12.1 Å². The number of nitrogens with zero attached hydrogens (tertiary/aromatic N) is 1. The molecule has 36 heavy (non-hydrogen) atoms. The fourth-order valence-electron chi connectivity index (χ4n) is 4.21. The van der Waals surface area contributed by atoms with Gasteiger partial charge < -0.3 is 31.2 Å². The van der Waals surface area contributed by atoms with E-state index in [1.165, 1.54) is 4.90 Å².